The summed E-state index contributed by atoms with van der Waals surface area (Å²) in [5.41, 5.74) is 0.0182. The second-order valence-corrected chi connectivity index (χ2v) is 14.9. The van der Waals surface area contributed by atoms with Crippen LogP contribution < -0.4 is 10.6 Å². The van der Waals surface area contributed by atoms with Crippen molar-refractivity contribution in [3.63, 3.8) is 0 Å². The lowest BCUT2D eigenvalue weighted by Gasteiger charge is -2.40. The van der Waals surface area contributed by atoms with Gasteiger partial charge in [0.15, 0.2) is 5.78 Å². The van der Waals surface area contributed by atoms with E-state index in [1.807, 2.05) is 58.0 Å². The van der Waals surface area contributed by atoms with Gasteiger partial charge in [-0.05, 0) is 51.1 Å². The fourth-order valence-corrected chi connectivity index (χ4v) is 7.01. The molecule has 1 saturated heterocycles. The molecule has 1 heterocycles. The number of Topliss-reactive ketones (excluding diaryl/α,β-unsaturated/α-hetero) is 1. The molecule has 7 atom stereocenters. The van der Waals surface area contributed by atoms with Gasteiger partial charge in [0.05, 0.1) is 42.2 Å². The first-order chi connectivity index (χ1) is 23.4. The molecule has 0 radical (unpaired) electrons. The van der Waals surface area contributed by atoms with Crippen molar-refractivity contribution in [2.75, 3.05) is 34.9 Å². The van der Waals surface area contributed by atoms with E-state index in [0.29, 0.717) is 19.4 Å². The number of hydrogen-bond acceptors (Lipinski definition) is 8. The van der Waals surface area contributed by atoms with Gasteiger partial charge >= 0.3 is 5.97 Å². The highest BCUT2D eigenvalue weighted by Gasteiger charge is 2.43. The molecule has 1 aromatic rings. The summed E-state index contributed by atoms with van der Waals surface area (Å²) in [4.78, 5) is 70.0. The lowest BCUT2D eigenvalue weighted by Crippen LogP contribution is -2.55. The average molecular weight is 703 g/mol. The van der Waals surface area contributed by atoms with Crippen molar-refractivity contribution in [2.45, 2.75) is 116 Å². The van der Waals surface area contributed by atoms with Crippen molar-refractivity contribution in [2.24, 2.45) is 23.7 Å². The third-order valence-corrected chi connectivity index (χ3v) is 10.5. The molecule has 12 heteroatoms. The van der Waals surface area contributed by atoms with E-state index in [9.17, 15) is 29.1 Å². The Morgan fingerprint density at radius 1 is 0.980 bits per heavy atom. The number of carboxylic acid groups (broad SMARTS) is 1. The van der Waals surface area contributed by atoms with Crippen LogP contribution in [0, 0.1) is 23.7 Å². The molecule has 0 aliphatic carbocycles. The molecule has 12 nitrogen and oxygen atoms in total. The van der Waals surface area contributed by atoms with Crippen LogP contribution in [0.25, 0.3) is 0 Å². The van der Waals surface area contributed by atoms with Crippen LogP contribution in [-0.2, 0) is 39.9 Å². The van der Waals surface area contributed by atoms with E-state index in [0.717, 1.165) is 5.56 Å². The average Bonchev–Trinajstić information content (AvgIpc) is 3.56. The summed E-state index contributed by atoms with van der Waals surface area (Å²) in [5, 5.41) is 15.5. The number of carboxylic acids is 1. The quantitative estimate of drug-likeness (QED) is 0.185. The predicted octanol–water partition coefficient (Wildman–Crippen LogP) is 3.56. The predicted molar refractivity (Wildman–Crippen MR) is 192 cm³/mol. The molecule has 1 aromatic carbocycles. The molecular weight excluding hydrogens is 640 g/mol. The summed E-state index contributed by atoms with van der Waals surface area (Å²) < 4.78 is 11.8. The number of amides is 3. The van der Waals surface area contributed by atoms with E-state index in [1.165, 1.54) is 14.2 Å². The van der Waals surface area contributed by atoms with E-state index in [4.69, 9.17) is 9.47 Å². The lowest BCUT2D eigenvalue weighted by atomic mass is 9.83. The molecule has 3 amide bonds. The number of nitrogens with one attached hydrogen (secondary N) is 2. The van der Waals surface area contributed by atoms with E-state index in [1.54, 1.807) is 44.7 Å². The number of hydrogen-bond donors (Lipinski definition) is 3. The highest BCUT2D eigenvalue weighted by Crippen LogP contribution is 2.30. The number of methoxy groups -OCH3 is 2. The third kappa shape index (κ3) is 11.1. The van der Waals surface area contributed by atoms with Crippen LogP contribution in [0.15, 0.2) is 30.3 Å². The number of ether oxygens (including phenoxy) is 2. The van der Waals surface area contributed by atoms with Gasteiger partial charge in [-0.3, -0.25) is 19.2 Å². The molecule has 50 heavy (non-hydrogen) atoms. The maximum atomic E-state index is 14.0. The fraction of sp³-hybridized carbons (Fsp3) is 0.711. The van der Waals surface area contributed by atoms with Gasteiger partial charge in [0.1, 0.15) is 6.04 Å². The minimum atomic E-state index is -1.14. The van der Waals surface area contributed by atoms with Crippen LogP contribution in [0.5, 0.6) is 0 Å². The van der Waals surface area contributed by atoms with Crippen molar-refractivity contribution >= 4 is 29.5 Å². The zero-order chi connectivity index (χ0) is 37.9. The summed E-state index contributed by atoms with van der Waals surface area (Å²) in [6, 6.07) is 7.11. The lowest BCUT2D eigenvalue weighted by molar-refractivity contribution is -0.149. The van der Waals surface area contributed by atoms with Gasteiger partial charge in [-0.1, -0.05) is 65.0 Å². The van der Waals surface area contributed by atoms with Crippen LogP contribution >= 0.6 is 0 Å². The monoisotopic (exact) mass is 702 g/mol. The van der Waals surface area contributed by atoms with Crippen molar-refractivity contribution in [3.8, 4) is 0 Å². The van der Waals surface area contributed by atoms with Gasteiger partial charge in [-0.2, -0.15) is 0 Å². The van der Waals surface area contributed by atoms with E-state index in [-0.39, 0.29) is 48.7 Å². The summed E-state index contributed by atoms with van der Waals surface area (Å²) >= 11 is 0. The van der Waals surface area contributed by atoms with Gasteiger partial charge < -0.3 is 35.0 Å². The van der Waals surface area contributed by atoms with E-state index in [2.05, 4.69) is 10.6 Å². The fourth-order valence-electron chi connectivity index (χ4n) is 7.01. The van der Waals surface area contributed by atoms with Gasteiger partial charge in [0.2, 0.25) is 17.7 Å². The number of aliphatic carboxylic acids is 1. The Kier molecular flexibility index (Phi) is 16.5. The minimum absolute atomic E-state index is 0.000698. The zero-order valence-corrected chi connectivity index (χ0v) is 32.0. The van der Waals surface area contributed by atoms with E-state index >= 15 is 0 Å². The van der Waals surface area contributed by atoms with Gasteiger partial charge in [0.25, 0.3) is 0 Å². The molecule has 282 valence electrons. The first-order valence-electron chi connectivity index (χ1n) is 17.8. The molecule has 1 fully saturated rings. The number of carbonyl (C=O) groups excluding carboxylic acids is 4. The summed E-state index contributed by atoms with van der Waals surface area (Å²) in [5.74, 6) is -3.44. The molecule has 0 bridgehead atoms. The zero-order valence-electron chi connectivity index (χ0n) is 32.0. The number of likely N-dealkylation sites (N-methyl/N-ethyl adjacent to an activating group) is 2. The van der Waals surface area contributed by atoms with Crippen LogP contribution in [0.4, 0.5) is 0 Å². The van der Waals surface area contributed by atoms with Crippen molar-refractivity contribution in [3.05, 3.63) is 35.9 Å². The molecule has 0 spiro atoms. The Bertz CT molecular complexity index is 1290. The molecule has 2 rings (SSSR count). The Morgan fingerprint density at radius 2 is 1.60 bits per heavy atom. The van der Waals surface area contributed by atoms with Gasteiger partial charge in [0, 0.05) is 46.6 Å². The SMILES string of the molecule is CNC(C)(C)C(=O)C[C@H](C(=O)N(C)[C@@H](C(C)C)[C@@H](CC(=O)N1CCC[C@H]1[C@H](OC)[C@@H](C)C(=O)N[C@@H](Cc1ccccc1)C(=O)O)OC)C(C)C. The number of likely N-dealkylation sites (tertiary alicyclic amines) is 1. The maximum Gasteiger partial charge on any atom is 0.326 e. The molecular formula is C38H62N4O8. The smallest absolute Gasteiger partial charge is 0.326 e. The topological polar surface area (TPSA) is 155 Å². The highest BCUT2D eigenvalue weighted by atomic mass is 16.5. The second kappa shape index (κ2) is 19.3. The van der Waals surface area contributed by atoms with Gasteiger partial charge in [-0.15, -0.1) is 0 Å². The first-order valence-corrected chi connectivity index (χ1v) is 17.8. The normalized spacial score (nSPS) is 18.7. The number of carbonyl (C=O) groups is 5. The molecule has 0 saturated carbocycles. The minimum Gasteiger partial charge on any atom is -0.480 e. The Hall–Kier alpha value is -3.35. The number of ketones is 1. The van der Waals surface area contributed by atoms with Crippen LogP contribution in [-0.4, -0.2) is 115 Å². The van der Waals surface area contributed by atoms with Crippen LogP contribution in [0.2, 0.25) is 0 Å². The molecule has 1 aliphatic rings. The molecule has 3 N–H and O–H groups in total. The number of nitrogens with zero attached hydrogens (tertiary/aromatic N) is 2. The Morgan fingerprint density at radius 3 is 2.10 bits per heavy atom. The molecule has 0 aromatic heterocycles. The van der Waals surface area contributed by atoms with Crippen LogP contribution in [0.1, 0.15) is 79.7 Å². The Labute approximate surface area is 299 Å². The number of benzene rings is 1. The largest absolute Gasteiger partial charge is 0.480 e. The summed E-state index contributed by atoms with van der Waals surface area (Å²) in [6.45, 7) is 13.6. The van der Waals surface area contributed by atoms with Crippen molar-refractivity contribution in [1.29, 1.82) is 0 Å². The van der Waals surface area contributed by atoms with Crippen molar-refractivity contribution < 1.29 is 38.6 Å². The van der Waals surface area contributed by atoms with Crippen LogP contribution in [0.3, 0.4) is 0 Å². The summed E-state index contributed by atoms with van der Waals surface area (Å²) in [7, 11) is 6.47. The van der Waals surface area contributed by atoms with Crippen molar-refractivity contribution in [1.82, 2.24) is 20.4 Å². The third-order valence-electron chi connectivity index (χ3n) is 10.5. The summed E-state index contributed by atoms with van der Waals surface area (Å²) in [6.07, 6.45) is 0.249. The van der Waals surface area contributed by atoms with Gasteiger partial charge in [-0.25, -0.2) is 4.79 Å². The standard InChI is InChI=1S/C38H62N4O8/c1-23(2)27(21-31(43)38(6,7)39-8)36(46)41(9)33(24(3)4)30(49-10)22-32(44)42-19-15-18-29(42)34(50-11)25(5)35(45)40-28(37(47)48)20-26-16-13-12-14-17-26/h12-14,16-17,23-25,27-30,33-34,39H,15,18-22H2,1-11H3,(H,40,45)(H,47,48)/t25-,27+,28+,29+,30-,33+,34-/m1/s1. The first kappa shape index (κ1) is 42.8. The molecule has 1 aliphatic heterocycles. The highest BCUT2D eigenvalue weighted by molar-refractivity contribution is 5.92. The van der Waals surface area contributed by atoms with E-state index < -0.39 is 59.6 Å². The Balaban J connectivity index is 2.23. The number of rotatable bonds is 20. The molecule has 0 unspecified atom stereocenters. The maximum absolute atomic E-state index is 14.0. The second-order valence-electron chi connectivity index (χ2n) is 14.9.